The van der Waals surface area contributed by atoms with E-state index in [2.05, 4.69) is 6.07 Å². The van der Waals surface area contributed by atoms with Crippen LogP contribution in [0.2, 0.25) is 0 Å². The standard InChI is InChI=1S/C19H24N2O4/c1-20(9-8-19(23)24)13-18(22)21(2)12-14-4-5-16-11-17(25-3)7-6-15(16)10-14/h4-7,10-11H,8-9,12-13H2,1-3H3,(H,23,24). The van der Waals surface area contributed by atoms with Gasteiger partial charge in [-0.3, -0.25) is 14.5 Å². The van der Waals surface area contributed by atoms with Crippen LogP contribution in [0.3, 0.4) is 0 Å². The molecule has 0 aromatic heterocycles. The van der Waals surface area contributed by atoms with E-state index in [1.807, 2.05) is 30.3 Å². The third-order valence-corrected chi connectivity index (χ3v) is 4.07. The number of nitrogens with zero attached hydrogens (tertiary/aromatic N) is 2. The summed E-state index contributed by atoms with van der Waals surface area (Å²) in [6.07, 6.45) is 0.0294. The lowest BCUT2D eigenvalue weighted by Gasteiger charge is -2.21. The molecule has 0 bridgehead atoms. The molecule has 6 nitrogen and oxygen atoms in total. The van der Waals surface area contributed by atoms with Crippen molar-refractivity contribution < 1.29 is 19.4 Å². The Hall–Kier alpha value is -2.60. The predicted octanol–water partition coefficient (Wildman–Crippen LogP) is 2.21. The molecule has 1 N–H and O–H groups in total. The Balaban J connectivity index is 1.97. The maximum Gasteiger partial charge on any atom is 0.304 e. The number of ether oxygens (including phenoxy) is 1. The van der Waals surface area contributed by atoms with Crippen LogP contribution < -0.4 is 4.74 Å². The topological polar surface area (TPSA) is 70.1 Å². The molecule has 1 amide bonds. The molecule has 0 fully saturated rings. The maximum absolute atomic E-state index is 12.3. The van der Waals surface area contributed by atoms with E-state index in [1.54, 1.807) is 31.0 Å². The number of methoxy groups -OCH3 is 1. The molecule has 134 valence electrons. The lowest BCUT2D eigenvalue weighted by molar-refractivity contribution is -0.138. The fourth-order valence-electron chi connectivity index (χ4n) is 2.58. The van der Waals surface area contributed by atoms with Gasteiger partial charge in [-0.25, -0.2) is 0 Å². The lowest BCUT2D eigenvalue weighted by Crippen LogP contribution is -2.37. The van der Waals surface area contributed by atoms with Crippen LogP contribution in [-0.2, 0) is 16.1 Å². The SMILES string of the molecule is COc1ccc2cc(CN(C)C(=O)CN(C)CCC(=O)O)ccc2c1. The van der Waals surface area contributed by atoms with Crippen molar-refractivity contribution in [2.45, 2.75) is 13.0 Å². The minimum Gasteiger partial charge on any atom is -0.497 e. The van der Waals surface area contributed by atoms with Gasteiger partial charge in [-0.05, 0) is 41.6 Å². The van der Waals surface area contributed by atoms with Crippen molar-refractivity contribution in [1.82, 2.24) is 9.80 Å². The molecule has 2 aromatic rings. The Bertz CT molecular complexity index is 760. The normalized spacial score (nSPS) is 10.9. The highest BCUT2D eigenvalue weighted by molar-refractivity contribution is 5.84. The fourth-order valence-corrected chi connectivity index (χ4v) is 2.58. The summed E-state index contributed by atoms with van der Waals surface area (Å²) in [6.45, 7) is 1.06. The van der Waals surface area contributed by atoms with Gasteiger partial charge >= 0.3 is 5.97 Å². The Kier molecular flexibility index (Phi) is 6.36. The van der Waals surface area contributed by atoms with E-state index < -0.39 is 5.97 Å². The number of fused-ring (bicyclic) bond motifs is 1. The molecule has 0 saturated heterocycles. The highest BCUT2D eigenvalue weighted by Gasteiger charge is 2.13. The van der Waals surface area contributed by atoms with Crippen molar-refractivity contribution in [2.24, 2.45) is 0 Å². The summed E-state index contributed by atoms with van der Waals surface area (Å²) in [5.74, 6) is -0.0832. The summed E-state index contributed by atoms with van der Waals surface area (Å²) in [4.78, 5) is 26.2. The Labute approximate surface area is 147 Å². The van der Waals surface area contributed by atoms with Crippen LogP contribution in [0.15, 0.2) is 36.4 Å². The molecular weight excluding hydrogens is 320 g/mol. The fraction of sp³-hybridized carbons (Fsp3) is 0.368. The van der Waals surface area contributed by atoms with Crippen LogP contribution in [0.5, 0.6) is 5.75 Å². The number of amides is 1. The molecule has 2 aromatic carbocycles. The number of carboxylic acid groups (broad SMARTS) is 1. The first kappa shape index (κ1) is 18.7. The van der Waals surface area contributed by atoms with E-state index in [4.69, 9.17) is 9.84 Å². The van der Waals surface area contributed by atoms with Crippen LogP contribution in [0, 0.1) is 0 Å². The molecule has 25 heavy (non-hydrogen) atoms. The van der Waals surface area contributed by atoms with Crippen LogP contribution >= 0.6 is 0 Å². The van der Waals surface area contributed by atoms with Gasteiger partial charge in [0.25, 0.3) is 0 Å². The second-order valence-corrected chi connectivity index (χ2v) is 6.18. The van der Waals surface area contributed by atoms with E-state index >= 15 is 0 Å². The number of likely N-dealkylation sites (N-methyl/N-ethyl adjacent to an activating group) is 2. The minimum atomic E-state index is -0.861. The van der Waals surface area contributed by atoms with Gasteiger partial charge in [0.2, 0.25) is 5.91 Å². The smallest absolute Gasteiger partial charge is 0.304 e. The number of rotatable bonds is 8. The first-order valence-electron chi connectivity index (χ1n) is 8.10. The van der Waals surface area contributed by atoms with Crippen molar-refractivity contribution >= 4 is 22.6 Å². The average Bonchev–Trinajstić information content (AvgIpc) is 2.59. The number of hydrogen-bond acceptors (Lipinski definition) is 4. The first-order chi connectivity index (χ1) is 11.9. The summed E-state index contributed by atoms with van der Waals surface area (Å²) in [6, 6.07) is 12.0. The zero-order valence-electron chi connectivity index (χ0n) is 14.9. The third kappa shape index (κ3) is 5.46. The molecule has 0 atom stereocenters. The Morgan fingerprint density at radius 1 is 1.08 bits per heavy atom. The summed E-state index contributed by atoms with van der Waals surface area (Å²) in [7, 11) is 5.15. The van der Waals surface area contributed by atoms with Crippen molar-refractivity contribution in [3.8, 4) is 5.75 Å². The number of aliphatic carboxylic acids is 1. The second kappa shape index (κ2) is 8.48. The van der Waals surface area contributed by atoms with Crippen LogP contribution in [0.4, 0.5) is 0 Å². The van der Waals surface area contributed by atoms with E-state index in [-0.39, 0.29) is 18.9 Å². The Morgan fingerprint density at radius 2 is 1.76 bits per heavy atom. The predicted molar refractivity (Wildman–Crippen MR) is 96.7 cm³/mol. The monoisotopic (exact) mass is 344 g/mol. The molecule has 0 aliphatic rings. The van der Waals surface area contributed by atoms with E-state index in [0.717, 1.165) is 22.1 Å². The second-order valence-electron chi connectivity index (χ2n) is 6.18. The van der Waals surface area contributed by atoms with E-state index in [0.29, 0.717) is 13.1 Å². The lowest BCUT2D eigenvalue weighted by atomic mass is 10.1. The van der Waals surface area contributed by atoms with Crippen LogP contribution in [-0.4, -0.2) is 61.1 Å². The molecule has 0 saturated carbocycles. The van der Waals surface area contributed by atoms with Gasteiger partial charge in [-0.2, -0.15) is 0 Å². The molecule has 0 radical (unpaired) electrons. The van der Waals surface area contributed by atoms with Gasteiger partial charge in [-0.1, -0.05) is 18.2 Å². The largest absolute Gasteiger partial charge is 0.497 e. The molecule has 0 spiro atoms. The molecule has 2 rings (SSSR count). The summed E-state index contributed by atoms with van der Waals surface area (Å²) < 4.78 is 5.23. The van der Waals surface area contributed by atoms with Gasteiger partial charge in [-0.15, -0.1) is 0 Å². The summed E-state index contributed by atoms with van der Waals surface area (Å²) in [5, 5.41) is 10.9. The molecule has 0 aliphatic carbocycles. The summed E-state index contributed by atoms with van der Waals surface area (Å²) >= 11 is 0. The molecule has 0 heterocycles. The highest BCUT2D eigenvalue weighted by Crippen LogP contribution is 2.22. The highest BCUT2D eigenvalue weighted by atomic mass is 16.5. The van der Waals surface area contributed by atoms with Crippen molar-refractivity contribution in [2.75, 3.05) is 34.3 Å². The van der Waals surface area contributed by atoms with Crippen LogP contribution in [0.1, 0.15) is 12.0 Å². The van der Waals surface area contributed by atoms with E-state index in [1.165, 1.54) is 0 Å². The van der Waals surface area contributed by atoms with Crippen molar-refractivity contribution in [3.63, 3.8) is 0 Å². The van der Waals surface area contributed by atoms with E-state index in [9.17, 15) is 9.59 Å². The van der Waals surface area contributed by atoms with Crippen molar-refractivity contribution in [1.29, 1.82) is 0 Å². The average molecular weight is 344 g/mol. The summed E-state index contributed by atoms with van der Waals surface area (Å²) in [5.41, 5.74) is 1.04. The van der Waals surface area contributed by atoms with Gasteiger partial charge < -0.3 is 14.7 Å². The number of carbonyl (C=O) groups excluding carboxylic acids is 1. The number of carbonyl (C=O) groups is 2. The zero-order chi connectivity index (χ0) is 18.4. The molecule has 6 heteroatoms. The van der Waals surface area contributed by atoms with Crippen molar-refractivity contribution in [3.05, 3.63) is 42.0 Å². The van der Waals surface area contributed by atoms with Gasteiger partial charge in [0, 0.05) is 20.1 Å². The number of benzene rings is 2. The van der Waals surface area contributed by atoms with Gasteiger partial charge in [0.1, 0.15) is 5.75 Å². The number of hydrogen-bond donors (Lipinski definition) is 1. The quantitative estimate of drug-likeness (QED) is 0.795. The molecular formula is C19H24N2O4. The molecule has 0 unspecified atom stereocenters. The van der Waals surface area contributed by atoms with Gasteiger partial charge in [0.05, 0.1) is 20.1 Å². The van der Waals surface area contributed by atoms with Gasteiger partial charge in [0.15, 0.2) is 0 Å². The van der Waals surface area contributed by atoms with Crippen LogP contribution in [0.25, 0.3) is 10.8 Å². The zero-order valence-corrected chi connectivity index (χ0v) is 14.9. The molecule has 0 aliphatic heterocycles. The minimum absolute atomic E-state index is 0.0294. The Morgan fingerprint density at radius 3 is 2.44 bits per heavy atom. The maximum atomic E-state index is 12.3. The third-order valence-electron chi connectivity index (χ3n) is 4.07. The first-order valence-corrected chi connectivity index (χ1v) is 8.10. The number of carboxylic acids is 1.